The Hall–Kier alpha value is -0.870. The average Bonchev–Trinajstić information content (AvgIpc) is 2.39. The molecule has 1 saturated carbocycles. The predicted molar refractivity (Wildman–Crippen MR) is 75.8 cm³/mol. The standard InChI is InChI=1S/C15H22O3S/c1-12-6-5-9-14(10-12)19(17,18)11-15(16)13-7-3-2-4-8-13/h5-6,9-10,13,15-16H,2-4,7-8,11H2,1H3. The highest BCUT2D eigenvalue weighted by Crippen LogP contribution is 2.28. The molecule has 3 nitrogen and oxygen atoms in total. The molecule has 19 heavy (non-hydrogen) atoms. The van der Waals surface area contributed by atoms with Gasteiger partial charge in [0.05, 0.1) is 16.8 Å². The highest BCUT2D eigenvalue weighted by molar-refractivity contribution is 7.91. The van der Waals surface area contributed by atoms with Gasteiger partial charge in [-0.2, -0.15) is 0 Å². The van der Waals surface area contributed by atoms with E-state index in [1.807, 2.05) is 13.0 Å². The van der Waals surface area contributed by atoms with Crippen LogP contribution in [0.1, 0.15) is 37.7 Å². The second kappa shape index (κ2) is 6.06. The Kier molecular flexibility index (Phi) is 4.63. The van der Waals surface area contributed by atoms with Gasteiger partial charge in [-0.05, 0) is 43.4 Å². The number of aliphatic hydroxyl groups is 1. The molecular weight excluding hydrogens is 260 g/mol. The van der Waals surface area contributed by atoms with Crippen LogP contribution in [-0.4, -0.2) is 25.4 Å². The monoisotopic (exact) mass is 282 g/mol. The van der Waals surface area contributed by atoms with Crippen molar-refractivity contribution < 1.29 is 13.5 Å². The first-order valence-corrected chi connectivity index (χ1v) is 8.62. The van der Waals surface area contributed by atoms with Crippen molar-refractivity contribution in [1.82, 2.24) is 0 Å². The normalized spacial score (nSPS) is 19.3. The molecule has 0 aromatic heterocycles. The molecule has 1 aliphatic carbocycles. The van der Waals surface area contributed by atoms with Crippen LogP contribution in [0.4, 0.5) is 0 Å². The van der Waals surface area contributed by atoms with Crippen LogP contribution in [0.3, 0.4) is 0 Å². The van der Waals surface area contributed by atoms with Gasteiger partial charge in [-0.15, -0.1) is 0 Å². The van der Waals surface area contributed by atoms with E-state index in [4.69, 9.17) is 0 Å². The smallest absolute Gasteiger partial charge is 0.180 e. The first kappa shape index (κ1) is 14.5. The van der Waals surface area contributed by atoms with Crippen molar-refractivity contribution in [3.8, 4) is 0 Å². The lowest BCUT2D eigenvalue weighted by Crippen LogP contribution is -2.30. The maximum Gasteiger partial charge on any atom is 0.180 e. The molecule has 0 aliphatic heterocycles. The lowest BCUT2D eigenvalue weighted by molar-refractivity contribution is 0.103. The van der Waals surface area contributed by atoms with Gasteiger partial charge in [-0.25, -0.2) is 8.42 Å². The Balaban J connectivity index is 2.08. The highest BCUT2D eigenvalue weighted by Gasteiger charge is 2.27. The summed E-state index contributed by atoms with van der Waals surface area (Å²) in [5.41, 5.74) is 0.924. The SMILES string of the molecule is Cc1cccc(S(=O)(=O)CC(O)C2CCCCC2)c1. The lowest BCUT2D eigenvalue weighted by atomic mass is 9.86. The van der Waals surface area contributed by atoms with Gasteiger partial charge in [0.2, 0.25) is 0 Å². The van der Waals surface area contributed by atoms with Crippen molar-refractivity contribution in [2.45, 2.75) is 50.0 Å². The number of aliphatic hydroxyl groups excluding tert-OH is 1. The van der Waals surface area contributed by atoms with Crippen molar-refractivity contribution in [2.24, 2.45) is 5.92 Å². The van der Waals surface area contributed by atoms with E-state index in [1.165, 1.54) is 6.42 Å². The Morgan fingerprint density at radius 1 is 1.26 bits per heavy atom. The molecule has 1 aromatic rings. The van der Waals surface area contributed by atoms with Crippen LogP contribution < -0.4 is 0 Å². The van der Waals surface area contributed by atoms with Crippen LogP contribution in [-0.2, 0) is 9.84 Å². The summed E-state index contributed by atoms with van der Waals surface area (Å²) in [6.07, 6.45) is 4.58. The van der Waals surface area contributed by atoms with Crippen molar-refractivity contribution >= 4 is 9.84 Å². The van der Waals surface area contributed by atoms with Crippen LogP contribution in [0.15, 0.2) is 29.2 Å². The van der Waals surface area contributed by atoms with Gasteiger partial charge in [0.25, 0.3) is 0 Å². The van der Waals surface area contributed by atoms with Gasteiger partial charge >= 0.3 is 0 Å². The number of benzene rings is 1. The zero-order valence-corrected chi connectivity index (χ0v) is 12.2. The third-order valence-electron chi connectivity index (χ3n) is 3.93. The summed E-state index contributed by atoms with van der Waals surface area (Å²) in [6, 6.07) is 6.89. The first-order valence-electron chi connectivity index (χ1n) is 6.96. The molecule has 0 saturated heterocycles. The Bertz CT molecular complexity index is 516. The zero-order valence-electron chi connectivity index (χ0n) is 11.4. The van der Waals surface area contributed by atoms with Crippen molar-refractivity contribution in [1.29, 1.82) is 0 Å². The highest BCUT2D eigenvalue weighted by atomic mass is 32.2. The molecule has 0 radical (unpaired) electrons. The van der Waals surface area contributed by atoms with Crippen LogP contribution in [0.25, 0.3) is 0 Å². The molecule has 0 heterocycles. The topological polar surface area (TPSA) is 54.4 Å². The van der Waals surface area contributed by atoms with E-state index in [-0.39, 0.29) is 11.7 Å². The third kappa shape index (κ3) is 3.80. The summed E-state index contributed by atoms with van der Waals surface area (Å²) >= 11 is 0. The predicted octanol–water partition coefficient (Wildman–Crippen LogP) is 2.71. The van der Waals surface area contributed by atoms with E-state index >= 15 is 0 Å². The quantitative estimate of drug-likeness (QED) is 0.924. The molecule has 1 atom stereocenters. The molecular formula is C15H22O3S. The van der Waals surface area contributed by atoms with Gasteiger partial charge in [-0.3, -0.25) is 0 Å². The Morgan fingerprint density at radius 3 is 2.58 bits per heavy atom. The fraction of sp³-hybridized carbons (Fsp3) is 0.600. The minimum absolute atomic E-state index is 0.147. The molecule has 106 valence electrons. The maximum absolute atomic E-state index is 12.3. The van der Waals surface area contributed by atoms with Gasteiger partial charge in [0.15, 0.2) is 9.84 Å². The molecule has 1 unspecified atom stereocenters. The number of rotatable bonds is 4. The fourth-order valence-corrected chi connectivity index (χ4v) is 4.35. The van der Waals surface area contributed by atoms with Gasteiger partial charge in [0.1, 0.15) is 0 Å². The number of hydrogen-bond donors (Lipinski definition) is 1. The second-order valence-corrected chi connectivity index (χ2v) is 7.60. The van der Waals surface area contributed by atoms with Gasteiger partial charge < -0.3 is 5.11 Å². The van der Waals surface area contributed by atoms with Crippen molar-refractivity contribution in [3.05, 3.63) is 29.8 Å². The van der Waals surface area contributed by atoms with E-state index in [0.717, 1.165) is 31.2 Å². The molecule has 1 aromatic carbocycles. The molecule has 0 spiro atoms. The van der Waals surface area contributed by atoms with Crippen LogP contribution >= 0.6 is 0 Å². The van der Waals surface area contributed by atoms with E-state index in [1.54, 1.807) is 18.2 Å². The molecule has 1 fully saturated rings. The number of aryl methyl sites for hydroxylation is 1. The summed E-state index contributed by atoms with van der Waals surface area (Å²) < 4.78 is 24.6. The van der Waals surface area contributed by atoms with E-state index in [9.17, 15) is 13.5 Å². The van der Waals surface area contributed by atoms with Gasteiger partial charge in [0, 0.05) is 0 Å². The Labute approximate surface area is 115 Å². The van der Waals surface area contributed by atoms with Gasteiger partial charge in [-0.1, -0.05) is 31.4 Å². The number of hydrogen-bond acceptors (Lipinski definition) is 3. The summed E-state index contributed by atoms with van der Waals surface area (Å²) in [5, 5.41) is 10.2. The summed E-state index contributed by atoms with van der Waals surface area (Å²) in [6.45, 7) is 1.87. The molecule has 0 amide bonds. The maximum atomic E-state index is 12.3. The fourth-order valence-electron chi connectivity index (χ4n) is 2.78. The third-order valence-corrected chi connectivity index (χ3v) is 5.69. The molecule has 4 heteroatoms. The Morgan fingerprint density at radius 2 is 1.95 bits per heavy atom. The zero-order chi connectivity index (χ0) is 13.9. The van der Waals surface area contributed by atoms with Crippen LogP contribution in [0, 0.1) is 12.8 Å². The molecule has 1 aliphatic rings. The minimum atomic E-state index is -3.38. The largest absolute Gasteiger partial charge is 0.392 e. The average molecular weight is 282 g/mol. The van der Waals surface area contributed by atoms with E-state index in [0.29, 0.717) is 4.90 Å². The van der Waals surface area contributed by atoms with E-state index < -0.39 is 15.9 Å². The molecule has 1 N–H and O–H groups in total. The van der Waals surface area contributed by atoms with Crippen molar-refractivity contribution in [3.63, 3.8) is 0 Å². The summed E-state index contributed by atoms with van der Waals surface area (Å²) in [4.78, 5) is 0.322. The molecule has 0 bridgehead atoms. The minimum Gasteiger partial charge on any atom is -0.392 e. The van der Waals surface area contributed by atoms with Crippen molar-refractivity contribution in [2.75, 3.05) is 5.75 Å². The number of sulfone groups is 1. The molecule has 2 rings (SSSR count). The van der Waals surface area contributed by atoms with Crippen LogP contribution in [0.2, 0.25) is 0 Å². The van der Waals surface area contributed by atoms with E-state index in [2.05, 4.69) is 0 Å². The lowest BCUT2D eigenvalue weighted by Gasteiger charge is -2.26. The summed E-state index contributed by atoms with van der Waals surface area (Å²) in [5.74, 6) is -0.00506. The first-order chi connectivity index (χ1) is 8.99. The van der Waals surface area contributed by atoms with Crippen LogP contribution in [0.5, 0.6) is 0 Å². The summed E-state index contributed by atoms with van der Waals surface area (Å²) in [7, 11) is -3.38. The second-order valence-electron chi connectivity index (χ2n) is 5.56.